The quantitative estimate of drug-likeness (QED) is 0.726. The largest absolute Gasteiger partial charge is 0.375 e. The van der Waals surface area contributed by atoms with Crippen LogP contribution in [0.3, 0.4) is 0 Å². The van der Waals surface area contributed by atoms with Gasteiger partial charge in [0.2, 0.25) is 0 Å². The number of hydrogen-bond donors (Lipinski definition) is 2. The molecule has 0 spiro atoms. The zero-order valence-corrected chi connectivity index (χ0v) is 8.96. The third-order valence-electron chi connectivity index (χ3n) is 2.70. The lowest BCUT2D eigenvalue weighted by atomic mass is 10.1. The average Bonchev–Trinajstić information content (AvgIpc) is 2.28. The fourth-order valence-corrected chi connectivity index (χ4v) is 1.63. The van der Waals surface area contributed by atoms with Crippen LogP contribution < -0.4 is 10.9 Å². The maximum atomic E-state index is 11.7. The van der Waals surface area contributed by atoms with Crippen molar-refractivity contribution in [2.45, 2.75) is 26.0 Å². The lowest BCUT2D eigenvalue weighted by Gasteiger charge is -2.17. The molecule has 0 amide bonds. The molecule has 1 aromatic heterocycles. The fourth-order valence-electron chi connectivity index (χ4n) is 1.63. The van der Waals surface area contributed by atoms with Crippen LogP contribution in [-0.2, 0) is 17.8 Å². The van der Waals surface area contributed by atoms with Crippen molar-refractivity contribution in [3.63, 3.8) is 0 Å². The number of nitrogens with one attached hydrogen (secondary N) is 2. The van der Waals surface area contributed by atoms with E-state index in [1.165, 1.54) is 0 Å². The van der Waals surface area contributed by atoms with Gasteiger partial charge in [0.15, 0.2) is 0 Å². The summed E-state index contributed by atoms with van der Waals surface area (Å²) in [5.41, 5.74) is 1.52. The van der Waals surface area contributed by atoms with E-state index in [1.807, 2.05) is 14.0 Å². The fraction of sp³-hybridized carbons (Fsp3) is 0.600. The van der Waals surface area contributed by atoms with Gasteiger partial charge in [0, 0.05) is 12.0 Å². The van der Waals surface area contributed by atoms with Crippen LogP contribution in [0.2, 0.25) is 0 Å². The zero-order chi connectivity index (χ0) is 10.8. The summed E-state index contributed by atoms with van der Waals surface area (Å²) in [5, 5.41) is 3.04. The van der Waals surface area contributed by atoms with Crippen molar-refractivity contribution in [3.8, 4) is 0 Å². The minimum atomic E-state index is -0.0274. The Kier molecular flexibility index (Phi) is 2.83. The Morgan fingerprint density at radius 1 is 1.60 bits per heavy atom. The highest BCUT2D eigenvalue weighted by Crippen LogP contribution is 2.12. The normalized spacial score (nSPS) is 17.2. The summed E-state index contributed by atoms with van der Waals surface area (Å²) in [7, 11) is 1.83. The van der Waals surface area contributed by atoms with E-state index < -0.39 is 0 Å². The predicted molar refractivity (Wildman–Crippen MR) is 55.7 cm³/mol. The van der Waals surface area contributed by atoms with E-state index in [4.69, 9.17) is 4.74 Å². The number of aromatic amines is 1. The molecule has 2 heterocycles. The first-order chi connectivity index (χ1) is 7.22. The standard InChI is InChI=1S/C10H15N3O2/c1-6(11-2)9-12-8-5-15-4-3-7(8)10(14)13-9/h6,11H,3-5H2,1-2H3,(H,12,13,14). The second-order valence-corrected chi connectivity index (χ2v) is 3.69. The van der Waals surface area contributed by atoms with Crippen molar-refractivity contribution in [2.24, 2.45) is 0 Å². The van der Waals surface area contributed by atoms with Crippen LogP contribution in [0.15, 0.2) is 4.79 Å². The summed E-state index contributed by atoms with van der Waals surface area (Å²) in [4.78, 5) is 18.9. The van der Waals surface area contributed by atoms with Gasteiger partial charge in [-0.2, -0.15) is 0 Å². The summed E-state index contributed by atoms with van der Waals surface area (Å²) < 4.78 is 5.28. The number of aromatic nitrogens is 2. The van der Waals surface area contributed by atoms with Crippen LogP contribution in [0.25, 0.3) is 0 Å². The highest BCUT2D eigenvalue weighted by atomic mass is 16.5. The highest BCUT2D eigenvalue weighted by Gasteiger charge is 2.17. The highest BCUT2D eigenvalue weighted by molar-refractivity contribution is 5.19. The summed E-state index contributed by atoms with van der Waals surface area (Å²) in [5.74, 6) is 0.673. The Bertz CT molecular complexity index is 414. The molecule has 0 radical (unpaired) electrons. The molecule has 1 aliphatic heterocycles. The molecule has 2 N–H and O–H groups in total. The van der Waals surface area contributed by atoms with Crippen LogP contribution in [0.1, 0.15) is 30.0 Å². The molecule has 0 aliphatic carbocycles. The minimum Gasteiger partial charge on any atom is -0.375 e. The van der Waals surface area contributed by atoms with E-state index in [0.29, 0.717) is 25.5 Å². The maximum Gasteiger partial charge on any atom is 0.254 e. The van der Waals surface area contributed by atoms with Gasteiger partial charge in [-0.15, -0.1) is 0 Å². The predicted octanol–water partition coefficient (Wildman–Crippen LogP) is 0.123. The van der Waals surface area contributed by atoms with Crippen LogP contribution in [-0.4, -0.2) is 23.6 Å². The van der Waals surface area contributed by atoms with Gasteiger partial charge in [-0.3, -0.25) is 4.79 Å². The van der Waals surface area contributed by atoms with Gasteiger partial charge < -0.3 is 15.0 Å². The van der Waals surface area contributed by atoms with Crippen molar-refractivity contribution in [2.75, 3.05) is 13.7 Å². The summed E-state index contributed by atoms with van der Waals surface area (Å²) in [6, 6.07) is 0.0462. The first-order valence-corrected chi connectivity index (χ1v) is 5.09. The second-order valence-electron chi connectivity index (χ2n) is 3.69. The Balaban J connectivity index is 2.45. The van der Waals surface area contributed by atoms with Gasteiger partial charge in [0.1, 0.15) is 5.82 Å². The van der Waals surface area contributed by atoms with Gasteiger partial charge in [-0.25, -0.2) is 4.98 Å². The number of fused-ring (bicyclic) bond motifs is 1. The molecule has 2 rings (SSSR count). The second kappa shape index (κ2) is 4.12. The van der Waals surface area contributed by atoms with Gasteiger partial charge in [-0.05, 0) is 14.0 Å². The van der Waals surface area contributed by atoms with Crippen molar-refractivity contribution < 1.29 is 4.74 Å². The minimum absolute atomic E-state index is 0.0274. The molecule has 0 aromatic carbocycles. The van der Waals surface area contributed by atoms with Crippen LogP contribution in [0, 0.1) is 0 Å². The van der Waals surface area contributed by atoms with Gasteiger partial charge in [0.25, 0.3) is 5.56 Å². The molecule has 1 unspecified atom stereocenters. The molecule has 5 nitrogen and oxygen atoms in total. The summed E-state index contributed by atoms with van der Waals surface area (Å²) in [6.07, 6.45) is 0.659. The molecule has 0 saturated carbocycles. The molecule has 5 heteroatoms. The molecule has 82 valence electrons. The number of hydrogen-bond acceptors (Lipinski definition) is 4. The van der Waals surface area contributed by atoms with E-state index in [1.54, 1.807) is 0 Å². The van der Waals surface area contributed by atoms with E-state index in [0.717, 1.165) is 11.3 Å². The van der Waals surface area contributed by atoms with E-state index >= 15 is 0 Å². The smallest absolute Gasteiger partial charge is 0.254 e. The zero-order valence-electron chi connectivity index (χ0n) is 8.96. The molecule has 1 aliphatic rings. The summed E-state index contributed by atoms with van der Waals surface area (Å²) >= 11 is 0. The molecule has 1 atom stereocenters. The third-order valence-corrected chi connectivity index (χ3v) is 2.70. The monoisotopic (exact) mass is 209 g/mol. The first-order valence-electron chi connectivity index (χ1n) is 5.09. The van der Waals surface area contributed by atoms with Gasteiger partial charge >= 0.3 is 0 Å². The number of H-pyrrole nitrogens is 1. The maximum absolute atomic E-state index is 11.7. The molecular weight excluding hydrogens is 194 g/mol. The Labute approximate surface area is 87.9 Å². The molecule has 0 saturated heterocycles. The molecular formula is C10H15N3O2. The first kappa shape index (κ1) is 10.3. The van der Waals surface area contributed by atoms with Crippen molar-refractivity contribution >= 4 is 0 Å². The van der Waals surface area contributed by atoms with Crippen molar-refractivity contribution in [1.29, 1.82) is 0 Å². The van der Waals surface area contributed by atoms with Gasteiger partial charge in [-0.1, -0.05) is 0 Å². The van der Waals surface area contributed by atoms with E-state index in [2.05, 4.69) is 15.3 Å². The lowest BCUT2D eigenvalue weighted by Crippen LogP contribution is -2.28. The SMILES string of the molecule is CNC(C)c1nc2c(c(=O)[nH]1)CCOC2. The average molecular weight is 209 g/mol. The van der Waals surface area contributed by atoms with Crippen LogP contribution >= 0.6 is 0 Å². The Morgan fingerprint density at radius 2 is 2.40 bits per heavy atom. The Morgan fingerprint density at radius 3 is 3.13 bits per heavy atom. The molecule has 15 heavy (non-hydrogen) atoms. The molecule has 1 aromatic rings. The van der Waals surface area contributed by atoms with Crippen molar-refractivity contribution in [1.82, 2.24) is 15.3 Å². The summed E-state index contributed by atoms with van der Waals surface area (Å²) in [6.45, 7) is 3.01. The van der Waals surface area contributed by atoms with E-state index in [9.17, 15) is 4.79 Å². The van der Waals surface area contributed by atoms with Crippen LogP contribution in [0.5, 0.6) is 0 Å². The molecule has 0 bridgehead atoms. The lowest BCUT2D eigenvalue weighted by molar-refractivity contribution is 0.106. The molecule has 0 fully saturated rings. The topological polar surface area (TPSA) is 67.0 Å². The number of rotatable bonds is 2. The number of ether oxygens (including phenoxy) is 1. The van der Waals surface area contributed by atoms with Gasteiger partial charge in [0.05, 0.1) is 24.9 Å². The number of nitrogens with zero attached hydrogens (tertiary/aromatic N) is 1. The Hall–Kier alpha value is -1.20. The van der Waals surface area contributed by atoms with Crippen molar-refractivity contribution in [3.05, 3.63) is 27.4 Å². The van der Waals surface area contributed by atoms with Crippen LogP contribution in [0.4, 0.5) is 0 Å². The van der Waals surface area contributed by atoms with E-state index in [-0.39, 0.29) is 11.6 Å². The third kappa shape index (κ3) is 1.93.